The Morgan fingerprint density at radius 2 is 1.52 bits per heavy atom. The topological polar surface area (TPSA) is 185 Å². The van der Waals surface area contributed by atoms with Crippen LogP contribution in [0.4, 0.5) is 0 Å². The van der Waals surface area contributed by atoms with E-state index in [1.54, 1.807) is 13.0 Å². The van der Waals surface area contributed by atoms with Crippen LogP contribution in [0, 0.1) is 0 Å². The third kappa shape index (κ3) is 6.43. The van der Waals surface area contributed by atoms with Crippen LogP contribution in [0.25, 0.3) is 21.7 Å². The largest absolute Gasteiger partial charge is 0.479 e. The van der Waals surface area contributed by atoms with E-state index >= 15 is 0 Å². The van der Waals surface area contributed by atoms with Gasteiger partial charge in [0.2, 0.25) is 6.79 Å². The summed E-state index contributed by atoms with van der Waals surface area (Å²) in [6.45, 7) is 1.75. The highest BCUT2D eigenvalue weighted by molar-refractivity contribution is 6.02. The first-order chi connectivity index (χ1) is 25.0. The molecule has 4 atom stereocenters. The van der Waals surface area contributed by atoms with E-state index in [1.165, 1.54) is 4.90 Å². The number of aromatic nitrogens is 1. The van der Waals surface area contributed by atoms with Crippen molar-refractivity contribution in [3.05, 3.63) is 120 Å². The quantitative estimate of drug-likeness (QED) is 0.100. The molecule has 7 rings (SSSR count). The zero-order valence-corrected chi connectivity index (χ0v) is 27.8. The van der Waals surface area contributed by atoms with Gasteiger partial charge >= 0.3 is 23.7 Å². The van der Waals surface area contributed by atoms with Crippen LogP contribution < -0.4 is 9.47 Å². The van der Waals surface area contributed by atoms with Gasteiger partial charge in [0.25, 0.3) is 5.91 Å². The Hall–Kier alpha value is -6.18. The molecule has 3 heterocycles. The maximum atomic E-state index is 14.6. The molecule has 266 valence electrons. The van der Waals surface area contributed by atoms with E-state index in [1.807, 2.05) is 91.0 Å². The maximum Gasteiger partial charge on any atom is 0.377 e. The van der Waals surface area contributed by atoms with Crippen LogP contribution in [0.5, 0.6) is 11.5 Å². The van der Waals surface area contributed by atoms with Crippen LogP contribution in [0.2, 0.25) is 0 Å². The van der Waals surface area contributed by atoms with Crippen molar-refractivity contribution >= 4 is 45.5 Å². The monoisotopic (exact) mass is 706 g/mol. The highest BCUT2D eigenvalue weighted by Crippen LogP contribution is 2.38. The molecule has 0 bridgehead atoms. The molecule has 2 aliphatic heterocycles. The Morgan fingerprint density at radius 1 is 0.827 bits per heavy atom. The Kier molecular flexibility index (Phi) is 9.13. The first kappa shape index (κ1) is 34.3. The fourth-order valence-corrected chi connectivity index (χ4v) is 6.73. The molecule has 0 spiro atoms. The van der Waals surface area contributed by atoms with Gasteiger partial charge in [-0.25, -0.2) is 14.4 Å². The summed E-state index contributed by atoms with van der Waals surface area (Å²) in [5.41, 5.74) is 3.37. The minimum atomic E-state index is -3.41. The Labute approximate surface area is 296 Å². The first-order valence-electron chi connectivity index (χ1n) is 16.5. The minimum absolute atomic E-state index is 0.0479. The highest BCUT2D eigenvalue weighted by atomic mass is 16.8. The lowest BCUT2D eigenvalue weighted by Crippen LogP contribution is -2.51. The lowest BCUT2D eigenvalue weighted by molar-refractivity contribution is -0.221. The van der Waals surface area contributed by atoms with Crippen molar-refractivity contribution in [2.75, 3.05) is 6.79 Å². The van der Waals surface area contributed by atoms with E-state index in [4.69, 9.17) is 18.9 Å². The molecule has 0 saturated carbocycles. The zero-order valence-electron chi connectivity index (χ0n) is 27.8. The average molecular weight is 707 g/mol. The molecule has 1 fully saturated rings. The van der Waals surface area contributed by atoms with Gasteiger partial charge in [-0.15, -0.1) is 0 Å². The number of hydrogen-bond acceptors (Lipinski definition) is 8. The molecule has 2 aliphatic rings. The third-order valence-corrected chi connectivity index (χ3v) is 9.42. The van der Waals surface area contributed by atoms with Crippen molar-refractivity contribution in [3.8, 4) is 11.5 Å². The van der Waals surface area contributed by atoms with E-state index in [9.17, 15) is 34.5 Å². The molecule has 13 nitrogen and oxygen atoms in total. The van der Waals surface area contributed by atoms with E-state index in [-0.39, 0.29) is 13.3 Å². The number of benzene rings is 4. The van der Waals surface area contributed by atoms with Gasteiger partial charge in [-0.2, -0.15) is 0 Å². The van der Waals surface area contributed by atoms with E-state index in [2.05, 4.69) is 11.1 Å². The molecular weight excluding hydrogens is 672 g/mol. The van der Waals surface area contributed by atoms with E-state index in [0.717, 1.165) is 32.9 Å². The van der Waals surface area contributed by atoms with Gasteiger partial charge < -0.3 is 44.2 Å². The molecule has 0 aliphatic carbocycles. The predicted molar refractivity (Wildman–Crippen MR) is 186 cm³/mol. The number of carbonyl (C=O) groups excluding carboxylic acids is 1. The van der Waals surface area contributed by atoms with Crippen LogP contribution in [-0.2, 0) is 41.6 Å². The maximum absolute atomic E-state index is 14.6. The number of fused-ring (bicyclic) bond motifs is 3. The van der Waals surface area contributed by atoms with Crippen molar-refractivity contribution in [1.82, 2.24) is 9.88 Å². The number of aromatic amines is 1. The second-order valence-corrected chi connectivity index (χ2v) is 12.7. The number of aliphatic carboxylic acids is 3. The SMILES string of the molecule is CC(C(/C=C/Cc1cc2ccccc2[nH]1)c1ccc2c(c1)OCO2)N(Cc1ccc2ccccc2c1)C(=O)C1OC(C(=O)O)(C(=O)O)OC1C(=O)O. The number of rotatable bonds is 12. The normalized spacial score (nSPS) is 18.8. The summed E-state index contributed by atoms with van der Waals surface area (Å²) in [6.07, 6.45) is 0.0763. The molecule has 4 N–H and O–H groups in total. The first-order valence-corrected chi connectivity index (χ1v) is 16.5. The number of carbonyl (C=O) groups is 4. The van der Waals surface area contributed by atoms with Crippen molar-refractivity contribution < 1.29 is 53.4 Å². The second kappa shape index (κ2) is 13.9. The number of H-pyrrole nitrogens is 1. The summed E-state index contributed by atoms with van der Waals surface area (Å²) in [5.74, 6) is -9.81. The molecule has 52 heavy (non-hydrogen) atoms. The standard InChI is InChI=1S/C39H34N2O11/c1-22(29(26-15-16-31-32(19-26)50-21-49-31)11-6-10-28-18-27-9-4-5-12-30(27)40-28)41(20-23-13-14-24-7-2-3-8-25(24)17-23)35(42)33-34(36(43)44)52-39(51-33,37(45)46)38(47)48/h2-9,11-19,22,29,33-34,40H,10,20-21H2,1H3,(H,43,44)(H,45,46)(H,47,48)/b11-6+. The summed E-state index contributed by atoms with van der Waals surface area (Å²) in [5, 5.41) is 32.5. The van der Waals surface area contributed by atoms with Gasteiger partial charge in [-0.1, -0.05) is 72.8 Å². The van der Waals surface area contributed by atoms with Crippen LogP contribution in [0.15, 0.2) is 103 Å². The van der Waals surface area contributed by atoms with Gasteiger partial charge in [0.05, 0.1) is 0 Å². The number of carboxylic acids is 3. The number of hydrogen-bond donors (Lipinski definition) is 4. The molecule has 4 unspecified atom stereocenters. The number of para-hydroxylation sites is 1. The van der Waals surface area contributed by atoms with Crippen LogP contribution in [-0.4, -0.2) is 79.8 Å². The molecule has 1 aromatic heterocycles. The van der Waals surface area contributed by atoms with Gasteiger partial charge in [0, 0.05) is 36.1 Å². The van der Waals surface area contributed by atoms with Crippen molar-refractivity contribution in [2.45, 2.75) is 49.8 Å². The molecule has 0 radical (unpaired) electrons. The van der Waals surface area contributed by atoms with Crippen LogP contribution in [0.3, 0.4) is 0 Å². The summed E-state index contributed by atoms with van der Waals surface area (Å²) in [7, 11) is 0. The van der Waals surface area contributed by atoms with Crippen molar-refractivity contribution in [2.24, 2.45) is 0 Å². The molecule has 1 amide bonds. The third-order valence-electron chi connectivity index (χ3n) is 9.42. The fourth-order valence-electron chi connectivity index (χ4n) is 6.73. The molecule has 1 saturated heterocycles. The summed E-state index contributed by atoms with van der Waals surface area (Å²) >= 11 is 0. The van der Waals surface area contributed by atoms with E-state index < -0.39 is 53.8 Å². The van der Waals surface area contributed by atoms with Crippen LogP contribution >= 0.6 is 0 Å². The number of carboxylic acid groups (broad SMARTS) is 3. The van der Waals surface area contributed by atoms with Crippen LogP contribution in [0.1, 0.15) is 29.7 Å². The lowest BCUT2D eigenvalue weighted by Gasteiger charge is -2.36. The minimum Gasteiger partial charge on any atom is -0.479 e. The van der Waals surface area contributed by atoms with Gasteiger partial charge in [-0.3, -0.25) is 4.79 Å². The number of allylic oxidation sites excluding steroid dienone is 1. The fraction of sp³-hybridized carbons (Fsp3) is 0.231. The van der Waals surface area contributed by atoms with E-state index in [0.29, 0.717) is 23.5 Å². The predicted octanol–water partition coefficient (Wildman–Crippen LogP) is 5.08. The van der Waals surface area contributed by atoms with Crippen molar-refractivity contribution in [3.63, 3.8) is 0 Å². The second-order valence-electron chi connectivity index (χ2n) is 12.7. The summed E-state index contributed by atoms with van der Waals surface area (Å²) < 4.78 is 21.5. The molecule has 5 aromatic rings. The van der Waals surface area contributed by atoms with Crippen molar-refractivity contribution in [1.29, 1.82) is 0 Å². The summed E-state index contributed by atoms with van der Waals surface area (Å²) in [6, 6.07) is 27.9. The molecular formula is C39H34N2O11. The Balaban J connectivity index is 1.29. The van der Waals surface area contributed by atoms with Gasteiger partial charge in [0.1, 0.15) is 0 Å². The number of amides is 1. The highest BCUT2D eigenvalue weighted by Gasteiger charge is 2.64. The van der Waals surface area contributed by atoms with Gasteiger partial charge in [0.15, 0.2) is 23.7 Å². The molecule has 13 heteroatoms. The zero-order chi connectivity index (χ0) is 36.6. The summed E-state index contributed by atoms with van der Waals surface area (Å²) in [4.78, 5) is 56.0. The molecule has 4 aromatic carbocycles. The smallest absolute Gasteiger partial charge is 0.377 e. The number of nitrogens with zero attached hydrogens (tertiary/aromatic N) is 1. The number of ether oxygens (including phenoxy) is 4. The Bertz CT molecular complexity index is 2180. The Morgan fingerprint density at radius 3 is 2.25 bits per heavy atom. The number of nitrogens with one attached hydrogen (secondary N) is 1. The average Bonchev–Trinajstić information content (AvgIpc) is 3.89. The van der Waals surface area contributed by atoms with Gasteiger partial charge in [-0.05, 0) is 64.5 Å². The lowest BCUT2D eigenvalue weighted by atomic mass is 9.89.